The zero-order valence-corrected chi connectivity index (χ0v) is 12.5. The molecule has 1 unspecified atom stereocenters. The first-order chi connectivity index (χ1) is 9.22. The largest absolute Gasteiger partial charge is 0.297 e. The highest BCUT2D eigenvalue weighted by Crippen LogP contribution is 2.32. The van der Waals surface area contributed by atoms with Gasteiger partial charge in [-0.2, -0.15) is 10.5 Å². The molecule has 0 bridgehead atoms. The summed E-state index contributed by atoms with van der Waals surface area (Å²) in [5.41, 5.74) is -0.577. The van der Waals surface area contributed by atoms with Gasteiger partial charge < -0.3 is 0 Å². The number of rotatable bonds is 2. The summed E-state index contributed by atoms with van der Waals surface area (Å²) in [4.78, 5) is 3.96. The molecule has 0 aromatic carbocycles. The number of nitrogens with zero attached hydrogens (tertiary/aromatic N) is 4. The van der Waals surface area contributed by atoms with Crippen molar-refractivity contribution in [3.63, 3.8) is 0 Å². The molecule has 4 nitrogen and oxygen atoms in total. The van der Waals surface area contributed by atoms with Crippen molar-refractivity contribution in [1.29, 1.82) is 10.5 Å². The van der Waals surface area contributed by atoms with Gasteiger partial charge in [-0.3, -0.25) is 9.80 Å². The summed E-state index contributed by atoms with van der Waals surface area (Å²) in [6.07, 6.45) is 9.41. The number of hydrogen-bond donors (Lipinski definition) is 0. The molecule has 1 atom stereocenters. The van der Waals surface area contributed by atoms with Crippen LogP contribution in [-0.4, -0.2) is 41.5 Å². The van der Waals surface area contributed by atoms with E-state index in [0.717, 1.165) is 19.5 Å². The molecular weight excluding hydrogens is 236 g/mol. The zero-order chi connectivity index (χ0) is 14.3. The predicted molar refractivity (Wildman–Crippen MR) is 76.1 cm³/mol. The van der Waals surface area contributed by atoms with E-state index >= 15 is 0 Å². The summed E-state index contributed by atoms with van der Waals surface area (Å²) in [7, 11) is 1.73. The van der Waals surface area contributed by atoms with Crippen LogP contribution in [0.1, 0.15) is 52.4 Å². The lowest BCUT2D eigenvalue weighted by Gasteiger charge is -2.33. The third-order valence-corrected chi connectivity index (χ3v) is 4.37. The Kier molecular flexibility index (Phi) is 6.12. The Balaban J connectivity index is 0.000000861. The molecule has 0 N–H and O–H groups in total. The molecule has 4 heteroatoms. The van der Waals surface area contributed by atoms with E-state index in [1.54, 1.807) is 7.05 Å². The minimum Gasteiger partial charge on any atom is -0.297 e. The molecule has 0 aromatic rings. The van der Waals surface area contributed by atoms with E-state index in [1.165, 1.54) is 37.0 Å². The van der Waals surface area contributed by atoms with Gasteiger partial charge in [-0.1, -0.05) is 33.1 Å². The van der Waals surface area contributed by atoms with Crippen molar-refractivity contribution < 1.29 is 0 Å². The van der Waals surface area contributed by atoms with Gasteiger partial charge in [0.15, 0.2) is 6.19 Å². The van der Waals surface area contributed by atoms with Crippen molar-refractivity contribution in [2.24, 2.45) is 0 Å². The number of nitriles is 2. The third-order valence-electron chi connectivity index (χ3n) is 4.37. The maximum Gasteiger partial charge on any atom is 0.180 e. The first kappa shape index (κ1) is 15.8. The molecule has 19 heavy (non-hydrogen) atoms. The minimum atomic E-state index is -0.577. The summed E-state index contributed by atoms with van der Waals surface area (Å²) >= 11 is 0. The second-order valence-corrected chi connectivity index (χ2v) is 5.31. The van der Waals surface area contributed by atoms with Gasteiger partial charge in [0.25, 0.3) is 0 Å². The third kappa shape index (κ3) is 3.39. The summed E-state index contributed by atoms with van der Waals surface area (Å²) in [6, 6.07) is 3.00. The van der Waals surface area contributed by atoms with Gasteiger partial charge in [0.1, 0.15) is 5.54 Å². The molecule has 2 fully saturated rings. The summed E-state index contributed by atoms with van der Waals surface area (Å²) < 4.78 is 0. The standard InChI is InChI=1S/C13H20N4.C2H6/c1-16(11-15)13(9-14)7-8-17(10-13)12-5-3-2-4-6-12;1-2/h12H,2-8,10H2,1H3;1-2H3. The molecular formula is C15H26N4. The Labute approximate surface area is 117 Å². The van der Waals surface area contributed by atoms with Crippen LogP contribution in [0.15, 0.2) is 0 Å². The van der Waals surface area contributed by atoms with E-state index in [9.17, 15) is 5.26 Å². The maximum atomic E-state index is 9.36. The fraction of sp³-hybridized carbons (Fsp3) is 0.867. The van der Waals surface area contributed by atoms with Gasteiger partial charge in [-0.25, -0.2) is 0 Å². The molecule has 0 aromatic heterocycles. The highest BCUT2D eigenvalue weighted by Gasteiger charge is 2.44. The van der Waals surface area contributed by atoms with Crippen LogP contribution in [-0.2, 0) is 0 Å². The van der Waals surface area contributed by atoms with Crippen LogP contribution < -0.4 is 0 Å². The molecule has 1 aliphatic heterocycles. The summed E-state index contributed by atoms with van der Waals surface area (Å²) in [5, 5.41) is 18.4. The molecule has 106 valence electrons. The van der Waals surface area contributed by atoms with E-state index in [-0.39, 0.29) is 0 Å². The average molecular weight is 262 g/mol. The van der Waals surface area contributed by atoms with Crippen molar-refractivity contribution in [2.75, 3.05) is 20.1 Å². The van der Waals surface area contributed by atoms with Crippen LogP contribution in [0.2, 0.25) is 0 Å². The van der Waals surface area contributed by atoms with Crippen LogP contribution in [0.3, 0.4) is 0 Å². The van der Waals surface area contributed by atoms with Gasteiger partial charge in [0.2, 0.25) is 0 Å². The van der Waals surface area contributed by atoms with Crippen LogP contribution in [0.5, 0.6) is 0 Å². The van der Waals surface area contributed by atoms with Crippen molar-refractivity contribution in [3.8, 4) is 12.3 Å². The van der Waals surface area contributed by atoms with Crippen molar-refractivity contribution in [2.45, 2.75) is 64.0 Å². The molecule has 2 aliphatic rings. The lowest BCUT2D eigenvalue weighted by molar-refractivity contribution is 0.166. The van der Waals surface area contributed by atoms with Gasteiger partial charge in [-0.15, -0.1) is 0 Å². The van der Waals surface area contributed by atoms with Gasteiger partial charge in [-0.05, 0) is 19.3 Å². The van der Waals surface area contributed by atoms with E-state index in [2.05, 4.69) is 17.2 Å². The summed E-state index contributed by atoms with van der Waals surface area (Å²) in [5.74, 6) is 0. The zero-order valence-electron chi connectivity index (χ0n) is 12.5. The molecule has 1 saturated heterocycles. The topological polar surface area (TPSA) is 54.1 Å². The van der Waals surface area contributed by atoms with Crippen molar-refractivity contribution in [3.05, 3.63) is 0 Å². The van der Waals surface area contributed by atoms with E-state index in [4.69, 9.17) is 5.26 Å². The quantitative estimate of drug-likeness (QED) is 0.567. The summed E-state index contributed by atoms with van der Waals surface area (Å²) in [6.45, 7) is 5.70. The van der Waals surface area contributed by atoms with Crippen molar-refractivity contribution >= 4 is 0 Å². The van der Waals surface area contributed by atoms with Crippen LogP contribution in [0.4, 0.5) is 0 Å². The molecule has 2 rings (SSSR count). The predicted octanol–water partition coefficient (Wildman–Crippen LogP) is 2.73. The molecule has 0 radical (unpaired) electrons. The smallest absolute Gasteiger partial charge is 0.180 e. The van der Waals surface area contributed by atoms with Gasteiger partial charge in [0, 0.05) is 26.2 Å². The Hall–Kier alpha value is -1.26. The Morgan fingerprint density at radius 2 is 1.79 bits per heavy atom. The monoisotopic (exact) mass is 262 g/mol. The van der Waals surface area contributed by atoms with Crippen LogP contribution in [0.25, 0.3) is 0 Å². The van der Waals surface area contributed by atoms with E-state index in [1.807, 2.05) is 13.8 Å². The van der Waals surface area contributed by atoms with Gasteiger partial charge in [0.05, 0.1) is 6.07 Å². The Bertz CT molecular complexity index is 348. The molecule has 0 spiro atoms. The van der Waals surface area contributed by atoms with Crippen LogP contribution in [0, 0.1) is 22.8 Å². The first-order valence-corrected chi connectivity index (χ1v) is 7.51. The second kappa shape index (κ2) is 7.36. The fourth-order valence-electron chi connectivity index (χ4n) is 3.12. The molecule has 1 saturated carbocycles. The average Bonchev–Trinajstić information content (AvgIpc) is 2.95. The van der Waals surface area contributed by atoms with Gasteiger partial charge >= 0.3 is 0 Å². The second-order valence-electron chi connectivity index (χ2n) is 5.31. The number of hydrogen-bond acceptors (Lipinski definition) is 4. The van der Waals surface area contributed by atoms with Crippen molar-refractivity contribution in [1.82, 2.24) is 9.80 Å². The normalized spacial score (nSPS) is 27.8. The highest BCUT2D eigenvalue weighted by molar-refractivity contribution is 5.16. The van der Waals surface area contributed by atoms with E-state index in [0.29, 0.717) is 6.04 Å². The number of likely N-dealkylation sites (N-methyl/N-ethyl adjacent to an activating group) is 1. The first-order valence-electron chi connectivity index (χ1n) is 7.51. The maximum absolute atomic E-state index is 9.36. The molecule has 1 aliphatic carbocycles. The highest BCUT2D eigenvalue weighted by atomic mass is 15.3. The molecule has 1 heterocycles. The van der Waals surface area contributed by atoms with Crippen LogP contribution >= 0.6 is 0 Å². The Morgan fingerprint density at radius 3 is 2.32 bits per heavy atom. The Morgan fingerprint density at radius 1 is 1.16 bits per heavy atom. The lowest BCUT2D eigenvalue weighted by Crippen LogP contribution is -2.46. The molecule has 0 amide bonds. The van der Waals surface area contributed by atoms with E-state index < -0.39 is 5.54 Å². The lowest BCUT2D eigenvalue weighted by atomic mass is 9.94. The SMILES string of the molecule is CC.CN(C#N)C1(C#N)CCN(C2CCCCC2)C1. The fourth-order valence-corrected chi connectivity index (χ4v) is 3.12. The minimum absolute atomic E-state index is 0.577. The number of likely N-dealkylation sites (tertiary alicyclic amines) is 1.